The van der Waals surface area contributed by atoms with Crippen molar-refractivity contribution in [2.75, 3.05) is 19.6 Å². The lowest BCUT2D eigenvalue weighted by molar-refractivity contribution is -0.135. The number of aromatic nitrogens is 2. The van der Waals surface area contributed by atoms with Crippen LogP contribution in [0.3, 0.4) is 0 Å². The zero-order valence-electron chi connectivity index (χ0n) is 18.2. The van der Waals surface area contributed by atoms with Gasteiger partial charge in [-0.25, -0.2) is 4.98 Å². The lowest BCUT2D eigenvalue weighted by Crippen LogP contribution is -2.42. The zero-order valence-corrected chi connectivity index (χ0v) is 18.2. The molecule has 1 aromatic heterocycles. The molecule has 0 radical (unpaired) electrons. The molecule has 0 aromatic carbocycles. The van der Waals surface area contributed by atoms with E-state index in [-0.39, 0.29) is 17.4 Å². The van der Waals surface area contributed by atoms with E-state index in [1.807, 2.05) is 4.90 Å². The molecule has 6 heteroatoms. The van der Waals surface area contributed by atoms with Crippen LogP contribution in [-0.2, 0) is 17.8 Å². The van der Waals surface area contributed by atoms with E-state index >= 15 is 0 Å². The van der Waals surface area contributed by atoms with Gasteiger partial charge in [-0.05, 0) is 38.5 Å². The summed E-state index contributed by atoms with van der Waals surface area (Å²) in [6.07, 6.45) is 14.0. The van der Waals surface area contributed by atoms with Gasteiger partial charge in [0.05, 0.1) is 5.69 Å². The predicted molar refractivity (Wildman–Crippen MR) is 116 cm³/mol. The van der Waals surface area contributed by atoms with Crippen LogP contribution in [0.15, 0.2) is 4.79 Å². The van der Waals surface area contributed by atoms with Crippen LogP contribution in [0.5, 0.6) is 0 Å². The van der Waals surface area contributed by atoms with Gasteiger partial charge in [-0.15, -0.1) is 0 Å². The average Bonchev–Trinajstić information content (AvgIpc) is 3.30. The predicted octanol–water partition coefficient (Wildman–Crippen LogP) is 3.36. The molecule has 0 bridgehead atoms. The van der Waals surface area contributed by atoms with E-state index in [2.05, 4.69) is 9.88 Å². The summed E-state index contributed by atoms with van der Waals surface area (Å²) in [5, 5.41) is 0. The number of nitrogens with zero attached hydrogens (tertiary/aromatic N) is 3. The third-order valence-electron chi connectivity index (χ3n) is 8.05. The van der Waals surface area contributed by atoms with Crippen LogP contribution in [0.1, 0.15) is 93.6 Å². The highest BCUT2D eigenvalue weighted by molar-refractivity contribution is 5.79. The molecule has 1 N–H and O–H groups in total. The summed E-state index contributed by atoms with van der Waals surface area (Å²) in [5.74, 6) is 1.53. The van der Waals surface area contributed by atoms with Crippen molar-refractivity contribution in [2.24, 2.45) is 5.92 Å². The summed E-state index contributed by atoms with van der Waals surface area (Å²) in [4.78, 5) is 38.4. The summed E-state index contributed by atoms with van der Waals surface area (Å²) in [6, 6.07) is 0.659. The summed E-state index contributed by atoms with van der Waals surface area (Å²) >= 11 is 0. The fourth-order valence-electron chi connectivity index (χ4n) is 6.22. The van der Waals surface area contributed by atoms with Crippen LogP contribution in [-0.4, -0.2) is 51.4 Å². The van der Waals surface area contributed by atoms with E-state index in [0.29, 0.717) is 18.5 Å². The molecule has 1 aromatic rings. The minimum absolute atomic E-state index is 0.0513. The quantitative estimate of drug-likeness (QED) is 0.827. The van der Waals surface area contributed by atoms with Crippen molar-refractivity contribution >= 4 is 5.91 Å². The van der Waals surface area contributed by atoms with Crippen molar-refractivity contribution in [3.05, 3.63) is 27.4 Å². The minimum atomic E-state index is 0.0513. The molecule has 6 nitrogen and oxygen atoms in total. The highest BCUT2D eigenvalue weighted by atomic mass is 16.2. The van der Waals surface area contributed by atoms with Gasteiger partial charge >= 0.3 is 0 Å². The van der Waals surface area contributed by atoms with E-state index in [9.17, 15) is 9.59 Å². The number of hydrogen-bond acceptors (Lipinski definition) is 4. The molecular weight excluding hydrogens is 376 g/mol. The number of likely N-dealkylation sites (tertiary alicyclic amines) is 1. The van der Waals surface area contributed by atoms with Crippen molar-refractivity contribution in [1.29, 1.82) is 0 Å². The van der Waals surface area contributed by atoms with Gasteiger partial charge in [0.2, 0.25) is 5.91 Å². The third kappa shape index (κ3) is 4.08. The average molecular weight is 413 g/mol. The van der Waals surface area contributed by atoms with Crippen molar-refractivity contribution in [1.82, 2.24) is 19.8 Å². The molecule has 3 fully saturated rings. The van der Waals surface area contributed by atoms with Gasteiger partial charge in [0.1, 0.15) is 5.82 Å². The molecule has 0 spiro atoms. The first-order valence-electron chi connectivity index (χ1n) is 12.3. The van der Waals surface area contributed by atoms with E-state index in [0.717, 1.165) is 62.4 Å². The zero-order chi connectivity index (χ0) is 20.5. The second kappa shape index (κ2) is 8.81. The van der Waals surface area contributed by atoms with Gasteiger partial charge in [-0.2, -0.15) is 0 Å². The Hall–Kier alpha value is -1.69. The Balaban J connectivity index is 1.28. The summed E-state index contributed by atoms with van der Waals surface area (Å²) in [7, 11) is 0. The molecule has 1 saturated heterocycles. The van der Waals surface area contributed by atoms with E-state index in [1.54, 1.807) is 0 Å². The van der Waals surface area contributed by atoms with Crippen molar-refractivity contribution in [3.63, 3.8) is 0 Å². The largest absolute Gasteiger partial charge is 0.342 e. The number of H-pyrrole nitrogens is 1. The van der Waals surface area contributed by atoms with Gasteiger partial charge < -0.3 is 9.88 Å². The van der Waals surface area contributed by atoms with E-state index < -0.39 is 0 Å². The minimum Gasteiger partial charge on any atom is -0.342 e. The molecule has 1 amide bonds. The molecule has 3 heterocycles. The maximum absolute atomic E-state index is 12.9. The molecule has 164 valence electrons. The molecule has 4 aliphatic rings. The first-order valence-corrected chi connectivity index (χ1v) is 12.3. The van der Waals surface area contributed by atoms with Crippen LogP contribution in [0.25, 0.3) is 0 Å². The highest BCUT2D eigenvalue weighted by Gasteiger charge is 2.34. The van der Waals surface area contributed by atoms with Gasteiger partial charge in [-0.3, -0.25) is 14.5 Å². The number of hydrogen-bond donors (Lipinski definition) is 1. The molecular formula is C24H36N4O2. The van der Waals surface area contributed by atoms with Crippen molar-refractivity contribution in [2.45, 2.75) is 95.6 Å². The third-order valence-corrected chi connectivity index (χ3v) is 8.05. The number of carbonyl (C=O) groups excluding carboxylic acids is 1. The Labute approximate surface area is 179 Å². The number of carbonyl (C=O) groups is 1. The lowest BCUT2D eigenvalue weighted by Gasteiger charge is -2.37. The van der Waals surface area contributed by atoms with Gasteiger partial charge in [0, 0.05) is 49.6 Å². The topological polar surface area (TPSA) is 69.3 Å². The number of amides is 1. The molecule has 2 aliphatic carbocycles. The molecule has 1 atom stereocenters. The summed E-state index contributed by atoms with van der Waals surface area (Å²) < 4.78 is 0. The Bertz CT molecular complexity index is 823. The first kappa shape index (κ1) is 20.2. The number of aromatic amines is 1. The van der Waals surface area contributed by atoms with Crippen LogP contribution in [0.2, 0.25) is 0 Å². The van der Waals surface area contributed by atoms with Gasteiger partial charge in [0.15, 0.2) is 0 Å². The van der Waals surface area contributed by atoms with Crippen molar-refractivity contribution < 1.29 is 4.79 Å². The molecule has 5 rings (SSSR count). The van der Waals surface area contributed by atoms with Gasteiger partial charge in [0.25, 0.3) is 5.56 Å². The van der Waals surface area contributed by atoms with Crippen LogP contribution >= 0.6 is 0 Å². The highest BCUT2D eigenvalue weighted by Crippen LogP contribution is 2.31. The molecule has 2 aliphatic heterocycles. The second-order valence-electron chi connectivity index (χ2n) is 9.99. The van der Waals surface area contributed by atoms with Crippen LogP contribution in [0, 0.1) is 5.92 Å². The normalized spacial score (nSPS) is 26.7. The Morgan fingerprint density at radius 3 is 2.43 bits per heavy atom. The number of fused-ring (bicyclic) bond motifs is 1. The molecule has 0 unspecified atom stereocenters. The maximum atomic E-state index is 12.9. The first-order chi connectivity index (χ1) is 14.7. The molecule has 2 saturated carbocycles. The Morgan fingerprint density at radius 1 is 0.933 bits per heavy atom. The fourth-order valence-corrected chi connectivity index (χ4v) is 6.22. The number of nitrogens with one attached hydrogen (secondary N) is 1. The summed E-state index contributed by atoms with van der Waals surface area (Å²) in [5.41, 5.74) is 1.93. The van der Waals surface area contributed by atoms with E-state index in [1.165, 1.54) is 51.4 Å². The van der Waals surface area contributed by atoms with Crippen molar-refractivity contribution in [3.8, 4) is 0 Å². The van der Waals surface area contributed by atoms with Crippen LogP contribution < -0.4 is 5.56 Å². The smallest absolute Gasteiger partial charge is 0.254 e. The Morgan fingerprint density at radius 2 is 1.67 bits per heavy atom. The fraction of sp³-hybridized carbons (Fsp3) is 0.792. The second-order valence-corrected chi connectivity index (χ2v) is 9.99. The van der Waals surface area contributed by atoms with E-state index in [4.69, 9.17) is 4.98 Å². The molecule has 30 heavy (non-hydrogen) atoms. The number of rotatable bonds is 3. The maximum Gasteiger partial charge on any atom is 0.254 e. The lowest BCUT2D eigenvalue weighted by atomic mass is 9.88. The van der Waals surface area contributed by atoms with Crippen LogP contribution in [0.4, 0.5) is 0 Å². The standard InChI is InChI=1S/C24H36N4O2/c29-23-20-12-14-27(19-9-5-2-6-10-19)16-21(20)25-22(26-23)18-11-13-28(15-18)24(30)17-7-3-1-4-8-17/h17-19H,1-16H2,(H,25,26,29)/t18-/m0/s1. The monoisotopic (exact) mass is 412 g/mol. The SMILES string of the molecule is O=C(C1CCCCC1)N1CC[C@H](c2nc3c(c(=O)[nH]2)CCN(C2CCCCC2)C3)C1. The summed E-state index contributed by atoms with van der Waals surface area (Å²) in [6.45, 7) is 3.31. The Kier molecular flexibility index (Phi) is 5.94. The van der Waals surface area contributed by atoms with Gasteiger partial charge in [-0.1, -0.05) is 38.5 Å².